The fourth-order valence-corrected chi connectivity index (χ4v) is 4.06. The largest absolute Gasteiger partial charge is 0.447 e. The van der Waals surface area contributed by atoms with Gasteiger partial charge in [-0.2, -0.15) is 0 Å². The molecule has 0 aliphatic carbocycles. The van der Waals surface area contributed by atoms with Crippen molar-refractivity contribution in [1.29, 1.82) is 0 Å². The lowest BCUT2D eigenvalue weighted by Crippen LogP contribution is -2.51. The molecule has 0 spiro atoms. The molecule has 6 N–H and O–H groups in total. The van der Waals surface area contributed by atoms with Gasteiger partial charge in [-0.15, -0.1) is 0 Å². The fourth-order valence-electron chi connectivity index (χ4n) is 3.87. The highest BCUT2D eigenvalue weighted by molar-refractivity contribution is 6.31. The lowest BCUT2D eigenvalue weighted by molar-refractivity contribution is -0.136. The maximum absolute atomic E-state index is 13.9. The average Bonchev–Trinajstić information content (AvgIpc) is 2.94. The van der Waals surface area contributed by atoms with Crippen molar-refractivity contribution in [3.05, 3.63) is 71.1 Å². The number of nitrogens with two attached hydrogens (primary N) is 1. The Morgan fingerprint density at radius 1 is 1.18 bits per heavy atom. The molecule has 0 aliphatic rings. The highest BCUT2D eigenvalue weighted by Crippen LogP contribution is 2.20. The van der Waals surface area contributed by atoms with E-state index in [-0.39, 0.29) is 30.6 Å². The molecule has 2 aromatic carbocycles. The summed E-state index contributed by atoms with van der Waals surface area (Å²) in [4.78, 5) is 41.2. The van der Waals surface area contributed by atoms with E-state index in [0.29, 0.717) is 24.2 Å². The van der Waals surface area contributed by atoms with Crippen LogP contribution in [0.2, 0.25) is 5.02 Å². The van der Waals surface area contributed by atoms with Crippen LogP contribution in [0, 0.1) is 5.82 Å². The molecule has 1 heterocycles. The minimum absolute atomic E-state index is 0.0297. The first-order chi connectivity index (χ1) is 19.2. The SMILES string of the molecule is CC(=O)N(NCc1cccc(F)c1Cl)[C@@H](CCCNC(=O)[C@H](N)CO)COC(=O)Nc1cc2ccccc2cn1. The van der Waals surface area contributed by atoms with Crippen molar-refractivity contribution in [1.82, 2.24) is 20.7 Å². The molecule has 0 radical (unpaired) electrons. The summed E-state index contributed by atoms with van der Waals surface area (Å²) < 4.78 is 19.3. The third kappa shape index (κ3) is 8.85. The third-order valence-corrected chi connectivity index (χ3v) is 6.41. The number of benzene rings is 2. The summed E-state index contributed by atoms with van der Waals surface area (Å²) in [5.74, 6) is -1.19. The molecule has 40 heavy (non-hydrogen) atoms. The van der Waals surface area contributed by atoms with Gasteiger partial charge in [0.05, 0.1) is 17.7 Å². The number of hydrogen-bond donors (Lipinski definition) is 5. The number of ether oxygens (including phenoxy) is 1. The first kappa shape index (κ1) is 30.7. The van der Waals surface area contributed by atoms with Crippen molar-refractivity contribution in [2.45, 2.75) is 38.4 Å². The number of fused-ring (bicyclic) bond motifs is 1. The van der Waals surface area contributed by atoms with Gasteiger partial charge in [0.25, 0.3) is 0 Å². The predicted molar refractivity (Wildman–Crippen MR) is 149 cm³/mol. The lowest BCUT2D eigenvalue weighted by atomic mass is 10.1. The number of hydrogen-bond acceptors (Lipinski definition) is 8. The first-order valence-electron chi connectivity index (χ1n) is 12.6. The lowest BCUT2D eigenvalue weighted by Gasteiger charge is -2.31. The number of hydrazine groups is 1. The molecular weight excluding hydrogens is 543 g/mol. The van der Waals surface area contributed by atoms with Crippen molar-refractivity contribution >= 4 is 46.1 Å². The van der Waals surface area contributed by atoms with Crippen LogP contribution < -0.4 is 21.8 Å². The number of carbonyl (C=O) groups excluding carboxylic acids is 3. The second kappa shape index (κ2) is 15.1. The van der Waals surface area contributed by atoms with Gasteiger partial charge in [-0.05, 0) is 35.9 Å². The van der Waals surface area contributed by atoms with Gasteiger partial charge in [-0.3, -0.25) is 19.9 Å². The first-order valence-corrected chi connectivity index (χ1v) is 13.0. The second-order valence-electron chi connectivity index (χ2n) is 8.95. The zero-order valence-electron chi connectivity index (χ0n) is 21.9. The Labute approximate surface area is 235 Å². The Hall–Kier alpha value is -3.84. The van der Waals surface area contributed by atoms with Crippen LogP contribution in [-0.2, 0) is 20.9 Å². The second-order valence-corrected chi connectivity index (χ2v) is 9.33. The van der Waals surface area contributed by atoms with E-state index in [1.165, 1.54) is 24.1 Å². The van der Waals surface area contributed by atoms with Crippen LogP contribution in [0.3, 0.4) is 0 Å². The van der Waals surface area contributed by atoms with Crippen LogP contribution in [0.1, 0.15) is 25.3 Å². The molecule has 0 aliphatic heterocycles. The highest BCUT2D eigenvalue weighted by atomic mass is 35.5. The van der Waals surface area contributed by atoms with Crippen LogP contribution in [-0.4, -0.2) is 64.8 Å². The molecule has 1 aromatic heterocycles. The predicted octanol–water partition coefficient (Wildman–Crippen LogP) is 2.71. The molecule has 11 nitrogen and oxygen atoms in total. The van der Waals surface area contributed by atoms with Gasteiger partial charge in [-0.25, -0.2) is 19.6 Å². The van der Waals surface area contributed by atoms with Gasteiger partial charge in [0, 0.05) is 31.6 Å². The monoisotopic (exact) mass is 574 g/mol. The maximum Gasteiger partial charge on any atom is 0.412 e. The zero-order chi connectivity index (χ0) is 29.1. The Kier molecular flexibility index (Phi) is 11.6. The van der Waals surface area contributed by atoms with E-state index in [1.54, 1.807) is 18.3 Å². The summed E-state index contributed by atoms with van der Waals surface area (Å²) in [6.45, 7) is 0.870. The minimum Gasteiger partial charge on any atom is -0.447 e. The molecule has 0 saturated carbocycles. The number of carbonyl (C=O) groups is 3. The number of rotatable bonds is 13. The van der Waals surface area contributed by atoms with Crippen LogP contribution in [0.15, 0.2) is 54.7 Å². The molecule has 3 rings (SSSR count). The normalized spacial score (nSPS) is 12.4. The van der Waals surface area contributed by atoms with Crippen molar-refractivity contribution in [2.24, 2.45) is 5.73 Å². The van der Waals surface area contributed by atoms with E-state index in [0.717, 1.165) is 10.8 Å². The van der Waals surface area contributed by atoms with Gasteiger partial charge in [0.1, 0.15) is 24.3 Å². The van der Waals surface area contributed by atoms with Crippen molar-refractivity contribution in [2.75, 3.05) is 25.1 Å². The Morgan fingerprint density at radius 3 is 2.65 bits per heavy atom. The van der Waals surface area contributed by atoms with Gasteiger partial charge in [0.15, 0.2) is 0 Å². The number of nitrogens with one attached hydrogen (secondary N) is 3. The van der Waals surface area contributed by atoms with Crippen LogP contribution in [0.4, 0.5) is 15.0 Å². The molecule has 0 fully saturated rings. The van der Waals surface area contributed by atoms with Crippen molar-refractivity contribution in [3.8, 4) is 0 Å². The molecule has 0 unspecified atom stereocenters. The minimum atomic E-state index is -1.04. The number of aromatic nitrogens is 1. The maximum atomic E-state index is 13.9. The number of halogens is 2. The van der Waals surface area contributed by atoms with Gasteiger partial charge >= 0.3 is 6.09 Å². The summed E-state index contributed by atoms with van der Waals surface area (Å²) in [6, 6.07) is 11.9. The highest BCUT2D eigenvalue weighted by Gasteiger charge is 2.24. The number of pyridine rings is 1. The molecule has 13 heteroatoms. The standard InChI is InChI=1S/C27H32ClFN6O5/c1-17(37)35(33-14-20-8-4-10-22(29)25(20)28)21(9-5-11-31-26(38)23(30)15-36)16-40-27(39)34-24-12-18-6-2-3-7-19(18)13-32-24/h2-4,6-8,10,12-13,21,23,33,36H,5,9,11,14-16,30H2,1H3,(H,31,38)(H,32,34,39)/t21-,23+/m0/s1. The van der Waals surface area contributed by atoms with E-state index in [2.05, 4.69) is 21.0 Å². The van der Waals surface area contributed by atoms with Gasteiger partial charge < -0.3 is 20.9 Å². The number of aliphatic hydroxyl groups excluding tert-OH is 1. The molecular formula is C27H32ClFN6O5. The summed E-state index contributed by atoms with van der Waals surface area (Å²) in [5, 5.41) is 17.2. The van der Waals surface area contributed by atoms with Crippen LogP contribution in [0.5, 0.6) is 0 Å². The summed E-state index contributed by atoms with van der Waals surface area (Å²) in [5.41, 5.74) is 8.88. The topological polar surface area (TPSA) is 159 Å². The number of amides is 3. The number of aliphatic hydroxyl groups is 1. The van der Waals surface area contributed by atoms with Gasteiger partial charge in [0.2, 0.25) is 11.8 Å². The molecule has 3 amide bonds. The molecule has 0 bridgehead atoms. The van der Waals surface area contributed by atoms with Crippen LogP contribution >= 0.6 is 11.6 Å². The Morgan fingerprint density at radius 2 is 1.93 bits per heavy atom. The van der Waals surface area contributed by atoms with E-state index >= 15 is 0 Å². The van der Waals surface area contributed by atoms with E-state index in [9.17, 15) is 18.8 Å². The average molecular weight is 575 g/mol. The Bertz CT molecular complexity index is 1330. The van der Waals surface area contributed by atoms with Crippen molar-refractivity contribution in [3.63, 3.8) is 0 Å². The zero-order valence-corrected chi connectivity index (χ0v) is 22.7. The van der Waals surface area contributed by atoms with E-state index in [1.807, 2.05) is 24.3 Å². The fraction of sp³-hybridized carbons (Fsp3) is 0.333. The molecule has 214 valence electrons. The van der Waals surface area contributed by atoms with E-state index < -0.39 is 36.5 Å². The molecule has 0 saturated heterocycles. The quantitative estimate of drug-likeness (QED) is 0.154. The summed E-state index contributed by atoms with van der Waals surface area (Å²) in [6.07, 6.45) is 1.55. The third-order valence-electron chi connectivity index (χ3n) is 5.99. The number of nitrogens with zero attached hydrogens (tertiary/aromatic N) is 2. The van der Waals surface area contributed by atoms with Crippen LogP contribution in [0.25, 0.3) is 10.8 Å². The summed E-state index contributed by atoms with van der Waals surface area (Å²) >= 11 is 6.05. The molecule has 2 atom stereocenters. The molecule has 3 aromatic rings. The van der Waals surface area contributed by atoms with E-state index in [4.69, 9.17) is 27.2 Å². The van der Waals surface area contributed by atoms with Gasteiger partial charge in [-0.1, -0.05) is 48.0 Å². The Balaban J connectivity index is 1.66. The smallest absolute Gasteiger partial charge is 0.412 e. The van der Waals surface area contributed by atoms with Crippen molar-refractivity contribution < 1.29 is 28.6 Å². The number of anilines is 1. The summed E-state index contributed by atoms with van der Waals surface area (Å²) in [7, 11) is 0.